The van der Waals surface area contributed by atoms with Gasteiger partial charge in [0.05, 0.1) is 27.7 Å². The maximum absolute atomic E-state index is 12.6. The average molecular weight is 489 g/mol. The molecule has 5 heteroatoms. The molecule has 1 N–H and O–H groups in total. The van der Waals surface area contributed by atoms with Crippen LogP contribution in [0.3, 0.4) is 0 Å². The summed E-state index contributed by atoms with van der Waals surface area (Å²) in [5.74, 6) is -0.345. The minimum atomic E-state index is -3.58. The molecule has 0 fully saturated rings. The highest BCUT2D eigenvalue weighted by Crippen LogP contribution is 2.51. The summed E-state index contributed by atoms with van der Waals surface area (Å²) in [5, 5.41) is 0. The van der Waals surface area contributed by atoms with Gasteiger partial charge in [0, 0.05) is 6.42 Å². The van der Waals surface area contributed by atoms with Crippen molar-refractivity contribution in [1.82, 2.24) is 0 Å². The molecule has 198 valence electrons. The second-order valence-corrected chi connectivity index (χ2v) is 12.8. The lowest BCUT2D eigenvalue weighted by Gasteiger charge is -2.35. The van der Waals surface area contributed by atoms with E-state index in [9.17, 15) is 9.46 Å². The van der Waals surface area contributed by atoms with E-state index in [0.717, 1.165) is 25.7 Å². The second-order valence-electron chi connectivity index (χ2n) is 10.8. The Morgan fingerprint density at radius 3 is 1.55 bits per heavy atom. The molecule has 0 heterocycles. The number of allylic oxidation sites excluding steroid dienone is 2. The monoisotopic (exact) mass is 488 g/mol. The normalized spacial score (nSPS) is 15.2. The topological polar surface area (TPSA) is 46.5 Å². The Bertz CT molecular complexity index is 502. The van der Waals surface area contributed by atoms with Crippen LogP contribution in [-0.4, -0.2) is 42.9 Å². The molecule has 0 aliphatic carbocycles. The van der Waals surface area contributed by atoms with Crippen molar-refractivity contribution in [3.8, 4) is 0 Å². The fourth-order valence-electron chi connectivity index (χ4n) is 4.41. The molecule has 0 saturated carbocycles. The molecule has 2 atom stereocenters. The highest BCUT2D eigenvalue weighted by molar-refractivity contribution is 7.53. The summed E-state index contributed by atoms with van der Waals surface area (Å²) in [5.41, 5.74) is 0. The van der Waals surface area contributed by atoms with Gasteiger partial charge in [-0.2, -0.15) is 0 Å². The van der Waals surface area contributed by atoms with E-state index >= 15 is 0 Å². The van der Waals surface area contributed by atoms with Crippen molar-refractivity contribution < 1.29 is 18.5 Å². The molecule has 0 radical (unpaired) electrons. The van der Waals surface area contributed by atoms with Crippen molar-refractivity contribution in [3.63, 3.8) is 0 Å². The van der Waals surface area contributed by atoms with E-state index in [0.29, 0.717) is 17.5 Å². The highest BCUT2D eigenvalue weighted by atomic mass is 31.2. The summed E-state index contributed by atoms with van der Waals surface area (Å²) in [4.78, 5) is 10.4. The molecular weight excluding hydrogens is 429 g/mol. The van der Waals surface area contributed by atoms with Gasteiger partial charge in [0.1, 0.15) is 0 Å². The number of nitrogens with zero attached hydrogens (tertiary/aromatic N) is 1. The summed E-state index contributed by atoms with van der Waals surface area (Å²) >= 11 is 0. The number of quaternary nitrogens is 1. The molecule has 0 aromatic rings. The predicted octanol–water partition coefficient (Wildman–Crippen LogP) is 9.23. The minimum Gasteiger partial charge on any atom is -0.320 e. The van der Waals surface area contributed by atoms with Crippen LogP contribution in [0, 0.1) is 0 Å². The Hall–Kier alpha value is -0.150. The summed E-state index contributed by atoms with van der Waals surface area (Å²) in [7, 11) is 2.32. The van der Waals surface area contributed by atoms with E-state index in [1.165, 1.54) is 89.9 Å². The Kier molecular flexibility index (Phi) is 21.1. The summed E-state index contributed by atoms with van der Waals surface area (Å²) in [6.07, 6.45) is 28.5. The zero-order chi connectivity index (χ0) is 24.8. The van der Waals surface area contributed by atoms with Gasteiger partial charge in [0.2, 0.25) is 0 Å². The first-order valence-corrected chi connectivity index (χ1v) is 15.8. The largest absolute Gasteiger partial charge is 0.385 e. The summed E-state index contributed by atoms with van der Waals surface area (Å²) < 4.78 is 18.6. The molecule has 0 aliphatic heterocycles. The van der Waals surface area contributed by atoms with Gasteiger partial charge in [-0.3, -0.25) is 4.57 Å². The fraction of sp³-hybridized carbons (Fsp3) is 0.929. The number of rotatable bonds is 24. The first-order valence-electron chi connectivity index (χ1n) is 14.2. The molecule has 0 amide bonds. The van der Waals surface area contributed by atoms with Crippen LogP contribution in [0.5, 0.6) is 0 Å². The molecule has 0 bridgehead atoms. The van der Waals surface area contributed by atoms with Crippen LogP contribution in [0.2, 0.25) is 0 Å². The van der Waals surface area contributed by atoms with E-state index in [-0.39, 0.29) is 5.78 Å². The minimum absolute atomic E-state index is 0.345. The predicted molar refractivity (Wildman–Crippen MR) is 146 cm³/mol. The number of hydrogen-bond donors (Lipinski definition) is 1. The van der Waals surface area contributed by atoms with Gasteiger partial charge in [-0.05, 0) is 38.5 Å². The van der Waals surface area contributed by atoms with Gasteiger partial charge in [-0.25, -0.2) is 0 Å². The van der Waals surface area contributed by atoms with Gasteiger partial charge in [-0.1, -0.05) is 103 Å². The maximum atomic E-state index is 12.6. The molecule has 33 heavy (non-hydrogen) atoms. The highest BCUT2D eigenvalue weighted by Gasteiger charge is 2.41. The van der Waals surface area contributed by atoms with Crippen LogP contribution in [0.1, 0.15) is 136 Å². The third-order valence-electron chi connectivity index (χ3n) is 6.50. The van der Waals surface area contributed by atoms with Gasteiger partial charge in [-0.15, -0.1) is 0 Å². The third-order valence-corrected chi connectivity index (χ3v) is 8.76. The Morgan fingerprint density at radius 1 is 0.697 bits per heavy atom. The Balaban J connectivity index is 3.54. The molecule has 4 nitrogen and oxygen atoms in total. The van der Waals surface area contributed by atoms with Crippen molar-refractivity contribution in [2.75, 3.05) is 27.7 Å². The molecule has 0 aromatic carbocycles. The Morgan fingerprint density at radius 2 is 1.12 bits per heavy atom. The second kappa shape index (κ2) is 21.2. The van der Waals surface area contributed by atoms with Crippen LogP contribution in [0.4, 0.5) is 0 Å². The van der Waals surface area contributed by atoms with Crippen molar-refractivity contribution in [1.29, 1.82) is 0 Å². The van der Waals surface area contributed by atoms with Crippen LogP contribution in [0.15, 0.2) is 12.2 Å². The van der Waals surface area contributed by atoms with Crippen LogP contribution < -0.4 is 0 Å². The molecule has 0 aliphatic rings. The van der Waals surface area contributed by atoms with Gasteiger partial charge < -0.3 is 13.9 Å². The van der Waals surface area contributed by atoms with E-state index in [2.05, 4.69) is 19.1 Å². The lowest BCUT2D eigenvalue weighted by atomic mass is 10.0. The third kappa shape index (κ3) is 19.8. The first kappa shape index (κ1) is 32.8. The quantitative estimate of drug-likeness (QED) is 0.0637. The molecule has 0 rings (SSSR count). The fourth-order valence-corrected chi connectivity index (χ4v) is 6.43. The summed E-state index contributed by atoms with van der Waals surface area (Å²) in [6, 6.07) is 0. The van der Waals surface area contributed by atoms with Gasteiger partial charge in [0.25, 0.3) is 0 Å². The molecule has 2 unspecified atom stereocenters. The van der Waals surface area contributed by atoms with Gasteiger partial charge >= 0.3 is 7.60 Å². The number of unbranched alkanes of at least 4 members (excludes halogenated alkanes) is 15. The van der Waals surface area contributed by atoms with Crippen LogP contribution >= 0.6 is 7.60 Å². The molecule has 0 spiro atoms. The molecular formula is C28H59NO3P+. The van der Waals surface area contributed by atoms with Crippen molar-refractivity contribution in [2.45, 2.75) is 142 Å². The summed E-state index contributed by atoms with van der Waals surface area (Å²) in [6.45, 7) is 4.71. The Labute approximate surface area is 207 Å². The van der Waals surface area contributed by atoms with Crippen molar-refractivity contribution in [3.05, 3.63) is 12.2 Å². The standard InChI is InChI=1S/C28H58NO3P/c1-6-8-9-10-11-12-13-14-15-16-17-18-19-20-21-22-23-24-25-27-32-33(30,31)28(26-7-2)29(3,4)5/h21-22,28H,6-20,23-27H2,1-5H3/p+1. The van der Waals surface area contributed by atoms with Gasteiger partial charge in [0.15, 0.2) is 5.78 Å². The zero-order valence-electron chi connectivity index (χ0n) is 23.0. The smallest absolute Gasteiger partial charge is 0.320 e. The molecule has 0 aromatic heterocycles. The zero-order valence-corrected chi connectivity index (χ0v) is 23.9. The lowest BCUT2D eigenvalue weighted by Crippen LogP contribution is -2.45. The maximum Gasteiger partial charge on any atom is 0.385 e. The SMILES string of the molecule is CCCCCCCCCCCCCCCC=CCCCCOP(=O)(O)C(CCC)[N+](C)(C)C. The van der Waals surface area contributed by atoms with E-state index in [1.807, 2.05) is 28.1 Å². The van der Waals surface area contributed by atoms with E-state index in [4.69, 9.17) is 4.52 Å². The number of hydrogen-bond acceptors (Lipinski definition) is 2. The first-order chi connectivity index (χ1) is 15.8. The van der Waals surface area contributed by atoms with E-state index in [1.54, 1.807) is 0 Å². The lowest BCUT2D eigenvalue weighted by molar-refractivity contribution is -0.883. The van der Waals surface area contributed by atoms with Crippen LogP contribution in [-0.2, 0) is 9.09 Å². The van der Waals surface area contributed by atoms with Crippen molar-refractivity contribution >= 4 is 7.60 Å². The van der Waals surface area contributed by atoms with E-state index < -0.39 is 7.60 Å². The average Bonchev–Trinajstić information content (AvgIpc) is 2.75. The van der Waals surface area contributed by atoms with Crippen molar-refractivity contribution in [2.24, 2.45) is 0 Å². The van der Waals surface area contributed by atoms with Crippen LogP contribution in [0.25, 0.3) is 0 Å². The molecule has 0 saturated heterocycles.